The van der Waals surface area contributed by atoms with Gasteiger partial charge in [-0.15, -0.1) is 0 Å². The summed E-state index contributed by atoms with van der Waals surface area (Å²) in [6.07, 6.45) is 2.48. The zero-order chi connectivity index (χ0) is 14.5. The third-order valence-corrected chi connectivity index (χ3v) is 3.25. The van der Waals surface area contributed by atoms with Gasteiger partial charge in [-0.1, -0.05) is 24.6 Å². The summed E-state index contributed by atoms with van der Waals surface area (Å²) in [6, 6.07) is 6.44. The molecule has 1 atom stereocenters. The molecular formula is C15H15ClF2N2. The first-order chi connectivity index (χ1) is 9.63. The number of rotatable bonds is 5. The molecule has 5 heteroatoms. The fraction of sp³-hybridized carbons (Fsp3) is 0.267. The quantitative estimate of drug-likeness (QED) is 0.898. The van der Waals surface area contributed by atoms with Gasteiger partial charge in [0, 0.05) is 17.8 Å². The Morgan fingerprint density at radius 1 is 1.30 bits per heavy atom. The molecule has 2 aromatic rings. The zero-order valence-electron chi connectivity index (χ0n) is 11.0. The second kappa shape index (κ2) is 6.77. The summed E-state index contributed by atoms with van der Waals surface area (Å²) >= 11 is 6.13. The molecule has 0 saturated carbocycles. The standard InChI is InChI=1S/C15H15ClF2N2/c1-2-7-19-14(15-12(16)4-3-8-20-15)11-6-5-10(17)9-13(11)18/h3-6,8-9,14,19H,2,7H2,1H3. The monoisotopic (exact) mass is 296 g/mol. The third-order valence-electron chi connectivity index (χ3n) is 2.93. The van der Waals surface area contributed by atoms with E-state index in [4.69, 9.17) is 11.6 Å². The number of hydrogen-bond donors (Lipinski definition) is 1. The summed E-state index contributed by atoms with van der Waals surface area (Å²) in [5.74, 6) is -1.21. The fourth-order valence-corrected chi connectivity index (χ4v) is 2.22. The van der Waals surface area contributed by atoms with Crippen LogP contribution in [0.1, 0.15) is 30.6 Å². The molecule has 1 N–H and O–H groups in total. The summed E-state index contributed by atoms with van der Waals surface area (Å²) in [5.41, 5.74) is 0.869. The van der Waals surface area contributed by atoms with Crippen molar-refractivity contribution in [3.63, 3.8) is 0 Å². The lowest BCUT2D eigenvalue weighted by Gasteiger charge is -2.20. The molecule has 106 valence electrons. The van der Waals surface area contributed by atoms with Crippen molar-refractivity contribution in [2.75, 3.05) is 6.54 Å². The van der Waals surface area contributed by atoms with Gasteiger partial charge in [-0.2, -0.15) is 0 Å². The van der Waals surface area contributed by atoms with Gasteiger partial charge < -0.3 is 5.32 Å². The van der Waals surface area contributed by atoms with E-state index in [9.17, 15) is 8.78 Å². The third kappa shape index (κ3) is 3.32. The van der Waals surface area contributed by atoms with Crippen LogP contribution in [-0.2, 0) is 0 Å². The van der Waals surface area contributed by atoms with E-state index < -0.39 is 17.7 Å². The lowest BCUT2D eigenvalue weighted by Crippen LogP contribution is -2.25. The molecule has 0 aliphatic rings. The van der Waals surface area contributed by atoms with Crippen molar-refractivity contribution in [3.8, 4) is 0 Å². The summed E-state index contributed by atoms with van der Waals surface area (Å²) in [7, 11) is 0. The van der Waals surface area contributed by atoms with E-state index in [1.807, 2.05) is 6.92 Å². The van der Waals surface area contributed by atoms with Crippen LogP contribution in [0.3, 0.4) is 0 Å². The van der Waals surface area contributed by atoms with Crippen LogP contribution < -0.4 is 5.32 Å². The van der Waals surface area contributed by atoms with Crippen LogP contribution >= 0.6 is 11.6 Å². The minimum absolute atomic E-state index is 0.334. The number of benzene rings is 1. The molecule has 1 aromatic heterocycles. The molecule has 0 aliphatic carbocycles. The lowest BCUT2D eigenvalue weighted by molar-refractivity contribution is 0.527. The zero-order valence-corrected chi connectivity index (χ0v) is 11.8. The Balaban J connectivity index is 2.44. The van der Waals surface area contributed by atoms with Crippen LogP contribution in [-0.4, -0.2) is 11.5 Å². The second-order valence-corrected chi connectivity index (χ2v) is 4.83. The summed E-state index contributed by atoms with van der Waals surface area (Å²) in [6.45, 7) is 2.68. The van der Waals surface area contributed by atoms with E-state index in [1.54, 1.807) is 18.3 Å². The van der Waals surface area contributed by atoms with Crippen molar-refractivity contribution in [2.45, 2.75) is 19.4 Å². The predicted octanol–water partition coefficient (Wildman–Crippen LogP) is 4.10. The molecule has 0 bridgehead atoms. The minimum atomic E-state index is -0.611. The number of aromatic nitrogens is 1. The highest BCUT2D eigenvalue weighted by Gasteiger charge is 2.21. The lowest BCUT2D eigenvalue weighted by atomic mass is 10.0. The summed E-state index contributed by atoms with van der Waals surface area (Å²) in [4.78, 5) is 4.22. The highest BCUT2D eigenvalue weighted by Crippen LogP contribution is 2.28. The fourth-order valence-electron chi connectivity index (χ4n) is 1.99. The largest absolute Gasteiger partial charge is 0.305 e. The SMILES string of the molecule is CCCNC(c1ccc(F)cc1F)c1ncccc1Cl. The van der Waals surface area contributed by atoms with Crippen LogP contribution in [0.2, 0.25) is 5.02 Å². The topological polar surface area (TPSA) is 24.9 Å². The molecule has 1 unspecified atom stereocenters. The number of halogens is 3. The Kier molecular flexibility index (Phi) is 5.04. The van der Waals surface area contributed by atoms with Crippen molar-refractivity contribution < 1.29 is 8.78 Å². The molecule has 2 rings (SSSR count). The molecule has 0 aliphatic heterocycles. The Bertz CT molecular complexity index is 590. The Labute approximate surface area is 121 Å². The number of nitrogens with zero attached hydrogens (tertiary/aromatic N) is 1. The average molecular weight is 297 g/mol. The van der Waals surface area contributed by atoms with Crippen LogP contribution in [0.15, 0.2) is 36.5 Å². The predicted molar refractivity (Wildman–Crippen MR) is 75.7 cm³/mol. The van der Waals surface area contributed by atoms with E-state index >= 15 is 0 Å². The first-order valence-corrected chi connectivity index (χ1v) is 6.80. The van der Waals surface area contributed by atoms with Gasteiger partial charge in [-0.25, -0.2) is 8.78 Å². The van der Waals surface area contributed by atoms with Gasteiger partial charge in [0.05, 0.1) is 16.8 Å². The maximum Gasteiger partial charge on any atom is 0.131 e. The maximum atomic E-state index is 14.0. The van der Waals surface area contributed by atoms with Gasteiger partial charge in [0.15, 0.2) is 0 Å². The van der Waals surface area contributed by atoms with E-state index in [0.29, 0.717) is 22.8 Å². The Morgan fingerprint density at radius 2 is 2.10 bits per heavy atom. The molecule has 2 nitrogen and oxygen atoms in total. The van der Waals surface area contributed by atoms with E-state index in [2.05, 4.69) is 10.3 Å². The Hall–Kier alpha value is -1.52. The smallest absolute Gasteiger partial charge is 0.131 e. The Morgan fingerprint density at radius 3 is 2.75 bits per heavy atom. The highest BCUT2D eigenvalue weighted by molar-refractivity contribution is 6.31. The number of nitrogens with one attached hydrogen (secondary N) is 1. The summed E-state index contributed by atoms with van der Waals surface area (Å²) in [5, 5.41) is 3.64. The van der Waals surface area contributed by atoms with Crippen LogP contribution in [0, 0.1) is 11.6 Å². The molecule has 0 radical (unpaired) electrons. The van der Waals surface area contributed by atoms with E-state index in [0.717, 1.165) is 12.5 Å². The molecule has 1 aromatic carbocycles. The van der Waals surface area contributed by atoms with Crippen molar-refractivity contribution in [3.05, 3.63) is 64.4 Å². The molecule has 0 spiro atoms. The second-order valence-electron chi connectivity index (χ2n) is 4.42. The molecule has 0 saturated heterocycles. The van der Waals surface area contributed by atoms with Crippen molar-refractivity contribution in [2.24, 2.45) is 0 Å². The van der Waals surface area contributed by atoms with E-state index in [-0.39, 0.29) is 0 Å². The molecule has 0 fully saturated rings. The van der Waals surface area contributed by atoms with Crippen LogP contribution in [0.25, 0.3) is 0 Å². The van der Waals surface area contributed by atoms with E-state index in [1.165, 1.54) is 12.1 Å². The highest BCUT2D eigenvalue weighted by atomic mass is 35.5. The van der Waals surface area contributed by atoms with Gasteiger partial charge in [-0.05, 0) is 31.2 Å². The molecule has 0 amide bonds. The van der Waals surface area contributed by atoms with Gasteiger partial charge in [0.1, 0.15) is 11.6 Å². The molecular weight excluding hydrogens is 282 g/mol. The first-order valence-electron chi connectivity index (χ1n) is 6.42. The average Bonchev–Trinajstić information content (AvgIpc) is 2.42. The van der Waals surface area contributed by atoms with Crippen molar-refractivity contribution in [1.82, 2.24) is 10.3 Å². The van der Waals surface area contributed by atoms with Gasteiger partial charge in [0.2, 0.25) is 0 Å². The van der Waals surface area contributed by atoms with Gasteiger partial charge in [0.25, 0.3) is 0 Å². The van der Waals surface area contributed by atoms with Gasteiger partial charge >= 0.3 is 0 Å². The van der Waals surface area contributed by atoms with Crippen molar-refractivity contribution >= 4 is 11.6 Å². The molecule has 20 heavy (non-hydrogen) atoms. The molecule has 1 heterocycles. The maximum absolute atomic E-state index is 14.0. The van der Waals surface area contributed by atoms with Gasteiger partial charge in [-0.3, -0.25) is 4.98 Å². The minimum Gasteiger partial charge on any atom is -0.305 e. The normalized spacial score (nSPS) is 12.4. The number of pyridine rings is 1. The summed E-state index contributed by atoms with van der Waals surface area (Å²) < 4.78 is 27.0. The van der Waals surface area contributed by atoms with Crippen LogP contribution in [0.5, 0.6) is 0 Å². The number of hydrogen-bond acceptors (Lipinski definition) is 2. The first kappa shape index (κ1) is 14.9. The van der Waals surface area contributed by atoms with Crippen molar-refractivity contribution in [1.29, 1.82) is 0 Å². The van der Waals surface area contributed by atoms with Crippen LogP contribution in [0.4, 0.5) is 8.78 Å².